The summed E-state index contributed by atoms with van der Waals surface area (Å²) in [7, 11) is 0. The monoisotopic (exact) mass is 560 g/mol. The third-order valence-electron chi connectivity index (χ3n) is 8.46. The molecule has 1 heteroatoms. The molecule has 6 rings (SSSR count). The van der Waals surface area contributed by atoms with Gasteiger partial charge in [0.1, 0.15) is 0 Å². The second kappa shape index (κ2) is 9.50. The Morgan fingerprint density at radius 2 is 1.22 bits per heavy atom. The molecule has 0 heterocycles. The van der Waals surface area contributed by atoms with E-state index in [1.54, 1.807) is 16.7 Å². The number of aryl methyl sites for hydroxylation is 1. The molecular formula is C36H38Zr. The van der Waals surface area contributed by atoms with Crippen LogP contribution in [0, 0.1) is 0 Å². The van der Waals surface area contributed by atoms with Crippen molar-refractivity contribution >= 4 is 0 Å². The van der Waals surface area contributed by atoms with E-state index < -0.39 is 0 Å². The minimum absolute atomic E-state index is 0. The third-order valence-corrected chi connectivity index (χ3v) is 8.46. The normalized spacial score (nSPS) is 13.5. The topological polar surface area (TPSA) is 0 Å². The Bertz CT molecular complexity index is 1490. The first kappa shape index (κ1) is 26.4. The predicted octanol–water partition coefficient (Wildman–Crippen LogP) is 9.21. The summed E-state index contributed by atoms with van der Waals surface area (Å²) in [6, 6.07) is 27.9. The fraction of sp³-hybridized carbons (Fsp3) is 0.333. The molecule has 0 aliphatic heterocycles. The smallest absolute Gasteiger partial charge is 0 e. The van der Waals surface area contributed by atoms with Crippen LogP contribution in [-0.4, -0.2) is 0 Å². The second-order valence-corrected chi connectivity index (χ2v) is 12.9. The van der Waals surface area contributed by atoms with E-state index in [9.17, 15) is 0 Å². The van der Waals surface area contributed by atoms with Crippen LogP contribution in [0.15, 0.2) is 72.8 Å². The van der Waals surface area contributed by atoms with Crippen molar-refractivity contribution < 1.29 is 26.2 Å². The molecule has 4 aromatic carbocycles. The number of benzene rings is 4. The summed E-state index contributed by atoms with van der Waals surface area (Å²) in [5, 5.41) is 0. The van der Waals surface area contributed by atoms with Gasteiger partial charge in [0, 0.05) is 26.2 Å². The van der Waals surface area contributed by atoms with Crippen molar-refractivity contribution in [3.8, 4) is 22.3 Å². The van der Waals surface area contributed by atoms with E-state index >= 15 is 0 Å². The summed E-state index contributed by atoms with van der Waals surface area (Å²) >= 11 is 0. The number of hydrogen-bond acceptors (Lipinski definition) is 0. The third kappa shape index (κ3) is 4.63. The van der Waals surface area contributed by atoms with Gasteiger partial charge in [0.05, 0.1) is 0 Å². The van der Waals surface area contributed by atoms with Gasteiger partial charge in [0.25, 0.3) is 0 Å². The Hall–Kier alpha value is -2.24. The zero-order chi connectivity index (χ0) is 25.2. The maximum atomic E-state index is 2.47. The minimum atomic E-state index is 0. The second-order valence-electron chi connectivity index (χ2n) is 12.9. The fourth-order valence-corrected chi connectivity index (χ4v) is 6.51. The zero-order valence-corrected chi connectivity index (χ0v) is 25.7. The molecule has 0 fully saturated rings. The van der Waals surface area contributed by atoms with Crippen LogP contribution in [0.25, 0.3) is 22.3 Å². The molecule has 0 aromatic heterocycles. The van der Waals surface area contributed by atoms with Crippen LogP contribution >= 0.6 is 0 Å². The van der Waals surface area contributed by atoms with E-state index in [2.05, 4.69) is 114 Å². The van der Waals surface area contributed by atoms with Gasteiger partial charge in [-0.25, -0.2) is 0 Å². The quantitative estimate of drug-likeness (QED) is 0.202. The van der Waals surface area contributed by atoms with Gasteiger partial charge in [0.2, 0.25) is 0 Å². The van der Waals surface area contributed by atoms with Crippen LogP contribution in [0.3, 0.4) is 0 Å². The Morgan fingerprint density at radius 3 is 1.97 bits per heavy atom. The molecule has 0 amide bonds. The summed E-state index contributed by atoms with van der Waals surface area (Å²) in [4.78, 5) is 0. The largest absolute Gasteiger partial charge is 0.0619 e. The van der Waals surface area contributed by atoms with Crippen molar-refractivity contribution in [2.45, 2.75) is 78.1 Å². The Labute approximate surface area is 242 Å². The predicted molar refractivity (Wildman–Crippen MR) is 154 cm³/mol. The van der Waals surface area contributed by atoms with E-state index in [1.165, 1.54) is 50.1 Å². The standard InChI is InChI=1S/C36H38.Zr/c1-35(2,3)26-15-17-28-25(20-26)22-33-30(28)18-19-34(36(4,5)6)31(33)16-14-23-11-9-13-29-27-12-8-7-10-24(27)21-32(23)29;/h7-13,15,17-20H,14,16,21-22H2,1-6H3;. The molecule has 0 nitrogen and oxygen atoms in total. The molecule has 186 valence electrons. The average Bonchev–Trinajstić information content (AvgIpc) is 3.39. The first-order valence-electron chi connectivity index (χ1n) is 13.6. The van der Waals surface area contributed by atoms with Crippen molar-refractivity contribution in [2.24, 2.45) is 0 Å². The van der Waals surface area contributed by atoms with Crippen LogP contribution in [0.5, 0.6) is 0 Å². The van der Waals surface area contributed by atoms with Crippen LogP contribution < -0.4 is 0 Å². The maximum Gasteiger partial charge on any atom is 0 e. The van der Waals surface area contributed by atoms with Crippen molar-refractivity contribution in [3.05, 3.63) is 117 Å². The van der Waals surface area contributed by atoms with Gasteiger partial charge in [-0.1, -0.05) is 114 Å². The molecule has 0 atom stereocenters. The van der Waals surface area contributed by atoms with Gasteiger partial charge in [-0.3, -0.25) is 0 Å². The van der Waals surface area contributed by atoms with Gasteiger partial charge in [-0.05, 0) is 103 Å². The van der Waals surface area contributed by atoms with Crippen molar-refractivity contribution in [1.29, 1.82) is 0 Å². The van der Waals surface area contributed by atoms with Gasteiger partial charge < -0.3 is 0 Å². The van der Waals surface area contributed by atoms with Crippen LogP contribution in [0.1, 0.15) is 86.1 Å². The van der Waals surface area contributed by atoms with Crippen molar-refractivity contribution in [3.63, 3.8) is 0 Å². The molecule has 0 spiro atoms. The first-order valence-corrected chi connectivity index (χ1v) is 13.6. The SMILES string of the molecule is CC(C)(C)c1ccc2c(c1)Cc1c-2ccc(C(C)(C)C)c1CCc1cccc2c1Cc1ccccc1-2.[Zr]. The molecule has 0 unspecified atom stereocenters. The average molecular weight is 562 g/mol. The number of fused-ring (bicyclic) bond motifs is 6. The van der Waals surface area contributed by atoms with E-state index in [0.29, 0.717) is 0 Å². The first-order chi connectivity index (χ1) is 17.1. The summed E-state index contributed by atoms with van der Waals surface area (Å²) < 4.78 is 0. The Balaban J connectivity index is 0.00000280. The van der Waals surface area contributed by atoms with Gasteiger partial charge in [-0.15, -0.1) is 0 Å². The van der Waals surface area contributed by atoms with Gasteiger partial charge in [0.15, 0.2) is 0 Å². The molecule has 0 radical (unpaired) electrons. The van der Waals surface area contributed by atoms with E-state index in [0.717, 1.165) is 25.7 Å². The van der Waals surface area contributed by atoms with E-state index in [4.69, 9.17) is 0 Å². The molecule has 0 saturated carbocycles. The molecule has 2 aliphatic rings. The Kier molecular flexibility index (Phi) is 6.77. The van der Waals surface area contributed by atoms with Crippen LogP contribution in [0.4, 0.5) is 0 Å². The summed E-state index contributed by atoms with van der Waals surface area (Å²) in [5.41, 5.74) is 18.2. The molecule has 0 saturated heterocycles. The van der Waals surface area contributed by atoms with Crippen LogP contribution in [-0.2, 0) is 62.7 Å². The molecule has 0 N–H and O–H groups in total. The van der Waals surface area contributed by atoms with Gasteiger partial charge >= 0.3 is 0 Å². The minimum Gasteiger partial charge on any atom is -0.0619 e. The number of hydrogen-bond donors (Lipinski definition) is 0. The number of rotatable bonds is 3. The summed E-state index contributed by atoms with van der Waals surface area (Å²) in [5.74, 6) is 0. The Morgan fingerprint density at radius 1 is 0.568 bits per heavy atom. The van der Waals surface area contributed by atoms with E-state index in [1.807, 2.05) is 0 Å². The van der Waals surface area contributed by atoms with Crippen molar-refractivity contribution in [2.75, 3.05) is 0 Å². The maximum absolute atomic E-state index is 2.47. The molecular weight excluding hydrogens is 524 g/mol. The van der Waals surface area contributed by atoms with Gasteiger partial charge in [-0.2, -0.15) is 0 Å². The fourth-order valence-electron chi connectivity index (χ4n) is 6.51. The zero-order valence-electron chi connectivity index (χ0n) is 23.3. The molecule has 37 heavy (non-hydrogen) atoms. The molecule has 2 aliphatic carbocycles. The van der Waals surface area contributed by atoms with Crippen molar-refractivity contribution in [1.82, 2.24) is 0 Å². The molecule has 0 bridgehead atoms. The molecule has 4 aromatic rings. The summed E-state index contributed by atoms with van der Waals surface area (Å²) in [6.45, 7) is 14.1. The van der Waals surface area contributed by atoms with Crippen LogP contribution in [0.2, 0.25) is 0 Å². The van der Waals surface area contributed by atoms with E-state index in [-0.39, 0.29) is 37.0 Å². The summed E-state index contributed by atoms with van der Waals surface area (Å²) in [6.07, 6.45) is 4.33.